The molecule has 1 saturated heterocycles. The number of ether oxygens (including phenoxy) is 1. The van der Waals surface area contributed by atoms with Crippen LogP contribution < -0.4 is 16.1 Å². The first kappa shape index (κ1) is 26.7. The Labute approximate surface area is 233 Å². The molecule has 200 valence electrons. The lowest BCUT2D eigenvalue weighted by Crippen LogP contribution is -2.32. The van der Waals surface area contributed by atoms with Gasteiger partial charge in [-0.3, -0.25) is 14.6 Å². The van der Waals surface area contributed by atoms with E-state index in [1.807, 2.05) is 42.6 Å². The highest BCUT2D eigenvalue weighted by atomic mass is 32.1. The van der Waals surface area contributed by atoms with Crippen molar-refractivity contribution < 1.29 is 19.2 Å². The van der Waals surface area contributed by atoms with Crippen LogP contribution in [0.2, 0.25) is 0 Å². The van der Waals surface area contributed by atoms with Crippen LogP contribution in [0, 0.1) is 6.92 Å². The van der Waals surface area contributed by atoms with Gasteiger partial charge in [-0.15, -0.1) is 22.7 Å². The fourth-order valence-electron chi connectivity index (χ4n) is 3.80. The van der Waals surface area contributed by atoms with Crippen LogP contribution in [0.4, 0.5) is 16.5 Å². The zero-order chi connectivity index (χ0) is 27.0. The topological polar surface area (TPSA) is 114 Å². The highest BCUT2D eigenvalue weighted by Crippen LogP contribution is 2.30. The predicted molar refractivity (Wildman–Crippen MR) is 154 cm³/mol. The van der Waals surface area contributed by atoms with Crippen molar-refractivity contribution in [1.82, 2.24) is 15.4 Å². The number of aryl methyl sites for hydroxylation is 1. The summed E-state index contributed by atoms with van der Waals surface area (Å²) in [5, 5.41) is 9.02. The highest BCUT2D eigenvalue weighted by molar-refractivity contribution is 7.15. The molecular formula is C28H27N5O4S2. The van der Waals surface area contributed by atoms with E-state index in [0.29, 0.717) is 17.2 Å². The number of hydrogen-bond acceptors (Lipinski definition) is 9. The molecule has 0 radical (unpaired) electrons. The molecule has 1 aliphatic rings. The predicted octanol–water partition coefficient (Wildman–Crippen LogP) is 6.16. The summed E-state index contributed by atoms with van der Waals surface area (Å²) in [5.41, 5.74) is 6.71. The molecule has 1 fully saturated rings. The van der Waals surface area contributed by atoms with Crippen LogP contribution in [0.5, 0.6) is 0 Å². The van der Waals surface area contributed by atoms with Crippen molar-refractivity contribution in [3.63, 3.8) is 0 Å². The van der Waals surface area contributed by atoms with E-state index < -0.39 is 12.2 Å². The molecule has 5 rings (SSSR count). The third-order valence-electron chi connectivity index (χ3n) is 5.88. The molecule has 11 heteroatoms. The number of anilines is 3. The van der Waals surface area contributed by atoms with Crippen LogP contribution >= 0.6 is 22.7 Å². The van der Waals surface area contributed by atoms with Crippen molar-refractivity contribution in [3.05, 3.63) is 81.6 Å². The number of rotatable bonds is 9. The normalized spacial score (nSPS) is 15.3. The molecule has 1 aliphatic heterocycles. The average Bonchev–Trinajstić information content (AvgIpc) is 3.64. The number of nitrogens with zero attached hydrogens (tertiary/aromatic N) is 2. The standard InChI is InChI=1S/C28H27N5O4S2/c1-18-7-8-20(15-22(18)31-28-32-23(17-38-28)19-5-4-13-29-16-19)30-27(35)24-11-9-21(39-24)10-12-25(34)33-37-26-6-2-3-14-36-26/h4-5,7-13,15-17,26H,2-3,6,14H2,1H3,(H,30,35)(H,31,32)(H,33,34). The number of carbonyl (C=O) groups is 2. The molecule has 2 amide bonds. The Balaban J connectivity index is 1.17. The summed E-state index contributed by atoms with van der Waals surface area (Å²) in [5.74, 6) is -0.624. The van der Waals surface area contributed by atoms with Crippen molar-refractivity contribution in [2.24, 2.45) is 0 Å². The van der Waals surface area contributed by atoms with Gasteiger partial charge in [0, 0.05) is 58.7 Å². The van der Waals surface area contributed by atoms with Crippen molar-refractivity contribution in [2.45, 2.75) is 32.5 Å². The molecule has 0 spiro atoms. The van der Waals surface area contributed by atoms with Crippen molar-refractivity contribution in [2.75, 3.05) is 17.2 Å². The van der Waals surface area contributed by atoms with Crippen molar-refractivity contribution in [1.29, 1.82) is 0 Å². The van der Waals surface area contributed by atoms with Crippen LogP contribution in [-0.2, 0) is 14.4 Å². The Morgan fingerprint density at radius 2 is 2.10 bits per heavy atom. The molecule has 9 nitrogen and oxygen atoms in total. The van der Waals surface area contributed by atoms with E-state index in [9.17, 15) is 9.59 Å². The van der Waals surface area contributed by atoms with Crippen LogP contribution in [0.25, 0.3) is 17.3 Å². The number of pyridine rings is 1. The summed E-state index contributed by atoms with van der Waals surface area (Å²) >= 11 is 2.78. The zero-order valence-corrected chi connectivity index (χ0v) is 22.8. The molecule has 3 aromatic heterocycles. The number of thiophene rings is 1. The van der Waals surface area contributed by atoms with Crippen LogP contribution in [-0.4, -0.2) is 34.7 Å². The number of thiazole rings is 1. The molecule has 39 heavy (non-hydrogen) atoms. The number of nitrogens with one attached hydrogen (secondary N) is 3. The van der Waals surface area contributed by atoms with Crippen LogP contribution in [0.3, 0.4) is 0 Å². The molecule has 1 unspecified atom stereocenters. The summed E-state index contributed by atoms with van der Waals surface area (Å²) < 4.78 is 5.42. The van der Waals surface area contributed by atoms with E-state index in [1.54, 1.807) is 30.6 Å². The first-order valence-corrected chi connectivity index (χ1v) is 14.1. The van der Waals surface area contributed by atoms with E-state index in [1.165, 1.54) is 28.7 Å². The minimum atomic E-state index is -0.406. The summed E-state index contributed by atoms with van der Waals surface area (Å²) in [7, 11) is 0. The Hall–Kier alpha value is -3.90. The lowest BCUT2D eigenvalue weighted by Gasteiger charge is -2.21. The van der Waals surface area contributed by atoms with Gasteiger partial charge in [0.15, 0.2) is 11.4 Å². The number of benzene rings is 1. The zero-order valence-electron chi connectivity index (χ0n) is 21.2. The van der Waals surface area contributed by atoms with Crippen LogP contribution in [0.15, 0.2) is 66.3 Å². The molecule has 0 aliphatic carbocycles. The molecule has 4 heterocycles. The Morgan fingerprint density at radius 3 is 2.92 bits per heavy atom. The largest absolute Gasteiger partial charge is 0.350 e. The molecule has 1 aromatic carbocycles. The number of hydrogen-bond donors (Lipinski definition) is 3. The van der Waals surface area contributed by atoms with Gasteiger partial charge in [-0.1, -0.05) is 6.07 Å². The quantitative estimate of drug-likeness (QED) is 0.166. The van der Waals surface area contributed by atoms with E-state index in [4.69, 9.17) is 9.57 Å². The van der Waals surface area contributed by atoms with Gasteiger partial charge in [-0.2, -0.15) is 0 Å². The first-order valence-electron chi connectivity index (χ1n) is 12.4. The van der Waals surface area contributed by atoms with E-state index in [-0.39, 0.29) is 5.91 Å². The fourth-order valence-corrected chi connectivity index (χ4v) is 5.34. The molecule has 4 aromatic rings. The average molecular weight is 562 g/mol. The third kappa shape index (κ3) is 7.36. The molecular weight excluding hydrogens is 534 g/mol. The third-order valence-corrected chi connectivity index (χ3v) is 7.68. The van der Waals surface area contributed by atoms with Gasteiger partial charge >= 0.3 is 0 Å². The smallest absolute Gasteiger partial charge is 0.267 e. The minimum absolute atomic E-state index is 0.232. The van der Waals surface area contributed by atoms with Crippen molar-refractivity contribution in [3.8, 4) is 11.3 Å². The van der Waals surface area contributed by atoms with Gasteiger partial charge in [-0.25, -0.2) is 15.3 Å². The number of amides is 2. The molecule has 1 atom stereocenters. The van der Waals surface area contributed by atoms with Gasteiger partial charge < -0.3 is 15.4 Å². The Kier molecular flexibility index (Phi) is 8.74. The van der Waals surface area contributed by atoms with Crippen molar-refractivity contribution >= 4 is 57.1 Å². The number of aromatic nitrogens is 2. The number of hydroxylamine groups is 1. The fraction of sp³-hybridized carbons (Fsp3) is 0.214. The van der Waals surface area contributed by atoms with Gasteiger partial charge in [0.1, 0.15) is 0 Å². The maximum absolute atomic E-state index is 12.9. The minimum Gasteiger partial charge on any atom is -0.350 e. The summed E-state index contributed by atoms with van der Waals surface area (Å²) in [6, 6.07) is 13.0. The molecule has 0 bridgehead atoms. The second kappa shape index (κ2) is 12.8. The van der Waals surface area contributed by atoms with Gasteiger partial charge in [0.25, 0.3) is 11.8 Å². The first-order chi connectivity index (χ1) is 19.0. The van der Waals surface area contributed by atoms with Gasteiger partial charge in [0.05, 0.1) is 10.6 Å². The molecule has 0 saturated carbocycles. The summed E-state index contributed by atoms with van der Waals surface area (Å²) in [4.78, 5) is 40.3. The van der Waals surface area contributed by atoms with Gasteiger partial charge in [-0.05, 0) is 67.8 Å². The van der Waals surface area contributed by atoms with Crippen LogP contribution in [0.1, 0.15) is 39.4 Å². The van der Waals surface area contributed by atoms with Gasteiger partial charge in [0.2, 0.25) is 0 Å². The maximum atomic E-state index is 12.9. The highest BCUT2D eigenvalue weighted by Gasteiger charge is 2.15. The lowest BCUT2D eigenvalue weighted by molar-refractivity contribution is -0.198. The summed E-state index contributed by atoms with van der Waals surface area (Å²) in [6.07, 6.45) is 8.89. The second-order valence-electron chi connectivity index (χ2n) is 8.80. The lowest BCUT2D eigenvalue weighted by atomic mass is 10.2. The summed E-state index contributed by atoms with van der Waals surface area (Å²) in [6.45, 7) is 2.63. The molecule has 3 N–H and O–H groups in total. The van der Waals surface area contributed by atoms with E-state index in [2.05, 4.69) is 26.1 Å². The Morgan fingerprint density at radius 1 is 1.18 bits per heavy atom. The SMILES string of the molecule is Cc1ccc(NC(=O)c2ccc(C=CC(=O)NOC3CCCCO3)s2)cc1Nc1nc(-c2cccnc2)cs1. The Bertz CT molecular complexity index is 1460. The monoisotopic (exact) mass is 561 g/mol. The van der Waals surface area contributed by atoms with E-state index >= 15 is 0 Å². The maximum Gasteiger partial charge on any atom is 0.267 e. The van der Waals surface area contributed by atoms with E-state index in [0.717, 1.165) is 51.8 Å². The second-order valence-corrected chi connectivity index (χ2v) is 10.8. The number of carbonyl (C=O) groups excluding carboxylic acids is 2.